The Kier molecular flexibility index (Phi) is 5.62. The van der Waals surface area contributed by atoms with Crippen LogP contribution in [0.5, 0.6) is 0 Å². The summed E-state index contributed by atoms with van der Waals surface area (Å²) < 4.78 is 25.8. The summed E-state index contributed by atoms with van der Waals surface area (Å²) >= 11 is 0. The summed E-state index contributed by atoms with van der Waals surface area (Å²) in [6.45, 7) is 1.46. The van der Waals surface area contributed by atoms with Crippen LogP contribution in [0.25, 0.3) is 6.08 Å². The van der Waals surface area contributed by atoms with Gasteiger partial charge in [-0.05, 0) is 48.5 Å². The maximum absolute atomic E-state index is 12.6. The zero-order chi connectivity index (χ0) is 20.3. The van der Waals surface area contributed by atoms with E-state index in [1.165, 1.54) is 38.2 Å². The summed E-state index contributed by atoms with van der Waals surface area (Å²) in [7, 11) is -2.20. The van der Waals surface area contributed by atoms with Crippen LogP contribution in [0.4, 0.5) is 5.69 Å². The van der Waals surface area contributed by atoms with Gasteiger partial charge >= 0.3 is 0 Å². The van der Waals surface area contributed by atoms with Crippen LogP contribution in [-0.4, -0.2) is 32.2 Å². The smallest absolute Gasteiger partial charge is 0.240 e. The first kappa shape index (κ1) is 19.8. The highest BCUT2D eigenvalue weighted by Crippen LogP contribution is 2.33. The molecule has 1 aliphatic rings. The Morgan fingerprint density at radius 2 is 1.75 bits per heavy atom. The van der Waals surface area contributed by atoms with Gasteiger partial charge in [-0.1, -0.05) is 24.3 Å². The molecule has 0 radical (unpaired) electrons. The number of amides is 2. The van der Waals surface area contributed by atoms with Crippen molar-refractivity contribution in [2.45, 2.75) is 24.3 Å². The third-order valence-electron chi connectivity index (χ3n) is 4.56. The van der Waals surface area contributed by atoms with E-state index in [1.54, 1.807) is 11.1 Å². The summed E-state index contributed by atoms with van der Waals surface area (Å²) in [4.78, 5) is 26.3. The standard InChI is InChI=1S/C20H21N3O4S/c1-14(24)23-12-11-15-5-3-4-6-18(15)19(23)13-20(25)22-16-7-9-17(10-8-16)28(26,27)21-2/h3-12,19,21H,13H2,1-2H3,(H,22,25). The molecular formula is C20H21N3O4S. The molecule has 146 valence electrons. The van der Waals surface area contributed by atoms with E-state index in [2.05, 4.69) is 10.0 Å². The number of benzene rings is 2. The van der Waals surface area contributed by atoms with Crippen LogP contribution in [0.2, 0.25) is 0 Å². The number of hydrogen-bond donors (Lipinski definition) is 2. The van der Waals surface area contributed by atoms with Crippen molar-refractivity contribution in [1.29, 1.82) is 0 Å². The molecule has 0 spiro atoms. The molecule has 0 saturated heterocycles. The fourth-order valence-electron chi connectivity index (χ4n) is 3.14. The second kappa shape index (κ2) is 7.95. The lowest BCUT2D eigenvalue weighted by molar-refractivity contribution is -0.129. The minimum absolute atomic E-state index is 0.0809. The Balaban J connectivity index is 1.76. The zero-order valence-corrected chi connectivity index (χ0v) is 16.4. The molecule has 2 N–H and O–H groups in total. The lowest BCUT2D eigenvalue weighted by Crippen LogP contribution is -2.33. The van der Waals surface area contributed by atoms with Crippen LogP contribution in [0.3, 0.4) is 0 Å². The van der Waals surface area contributed by atoms with Gasteiger partial charge in [-0.15, -0.1) is 0 Å². The quantitative estimate of drug-likeness (QED) is 0.807. The first-order valence-electron chi connectivity index (χ1n) is 8.71. The second-order valence-electron chi connectivity index (χ2n) is 6.37. The van der Waals surface area contributed by atoms with Gasteiger partial charge in [0.15, 0.2) is 0 Å². The van der Waals surface area contributed by atoms with Gasteiger partial charge in [0.2, 0.25) is 21.8 Å². The highest BCUT2D eigenvalue weighted by molar-refractivity contribution is 7.89. The van der Waals surface area contributed by atoms with E-state index in [0.29, 0.717) is 5.69 Å². The highest BCUT2D eigenvalue weighted by atomic mass is 32.2. The van der Waals surface area contributed by atoms with Crippen molar-refractivity contribution < 1.29 is 18.0 Å². The first-order chi connectivity index (χ1) is 13.3. The number of hydrogen-bond acceptors (Lipinski definition) is 4. The SMILES string of the molecule is CNS(=O)(=O)c1ccc(NC(=O)CC2c3ccccc3C=CN2C(C)=O)cc1. The van der Waals surface area contributed by atoms with Crippen LogP contribution >= 0.6 is 0 Å². The number of nitrogens with one attached hydrogen (secondary N) is 2. The molecule has 2 amide bonds. The fraction of sp³-hybridized carbons (Fsp3) is 0.200. The van der Waals surface area contributed by atoms with E-state index in [-0.39, 0.29) is 23.1 Å². The van der Waals surface area contributed by atoms with Crippen LogP contribution in [0.15, 0.2) is 59.6 Å². The van der Waals surface area contributed by atoms with E-state index < -0.39 is 16.1 Å². The van der Waals surface area contributed by atoms with E-state index in [9.17, 15) is 18.0 Å². The number of carbonyl (C=O) groups is 2. The molecule has 7 nitrogen and oxygen atoms in total. The van der Waals surface area contributed by atoms with E-state index in [4.69, 9.17) is 0 Å². The molecule has 0 saturated carbocycles. The minimum atomic E-state index is -3.53. The van der Waals surface area contributed by atoms with Crippen LogP contribution in [-0.2, 0) is 19.6 Å². The molecule has 3 rings (SSSR count). The summed E-state index contributed by atoms with van der Waals surface area (Å²) in [6, 6.07) is 13.1. The van der Waals surface area contributed by atoms with Crippen molar-refractivity contribution in [2.75, 3.05) is 12.4 Å². The van der Waals surface area contributed by atoms with Gasteiger partial charge in [0.05, 0.1) is 17.4 Å². The van der Waals surface area contributed by atoms with Gasteiger partial charge in [-0.3, -0.25) is 9.59 Å². The number of sulfonamides is 1. The second-order valence-corrected chi connectivity index (χ2v) is 8.26. The Hall–Kier alpha value is -2.97. The van der Waals surface area contributed by atoms with E-state index in [0.717, 1.165) is 11.1 Å². The fourth-order valence-corrected chi connectivity index (χ4v) is 3.87. The predicted octanol–water partition coefficient (Wildman–Crippen LogP) is 2.50. The molecule has 0 aromatic heterocycles. The molecule has 1 unspecified atom stereocenters. The molecule has 0 bridgehead atoms. The molecule has 1 heterocycles. The molecule has 1 aliphatic heterocycles. The number of nitrogens with zero attached hydrogens (tertiary/aromatic N) is 1. The number of fused-ring (bicyclic) bond motifs is 1. The van der Waals surface area contributed by atoms with Gasteiger partial charge < -0.3 is 10.2 Å². The summed E-state index contributed by atoms with van der Waals surface area (Å²) in [5.74, 6) is -0.421. The number of anilines is 1. The van der Waals surface area contributed by atoms with Crippen LogP contribution in [0, 0.1) is 0 Å². The average molecular weight is 399 g/mol. The summed E-state index contributed by atoms with van der Waals surface area (Å²) in [6.07, 6.45) is 3.63. The normalized spacial score (nSPS) is 15.8. The molecule has 2 aromatic rings. The highest BCUT2D eigenvalue weighted by Gasteiger charge is 2.28. The Labute approximate surface area is 164 Å². The Morgan fingerprint density at radius 3 is 2.39 bits per heavy atom. The van der Waals surface area contributed by atoms with Gasteiger partial charge in [-0.2, -0.15) is 0 Å². The van der Waals surface area contributed by atoms with Crippen molar-refractivity contribution in [3.8, 4) is 0 Å². The summed E-state index contributed by atoms with van der Waals surface area (Å²) in [5.41, 5.74) is 2.36. The molecule has 1 atom stereocenters. The molecule has 0 aliphatic carbocycles. The van der Waals surface area contributed by atoms with Crippen LogP contribution < -0.4 is 10.0 Å². The third kappa shape index (κ3) is 4.13. The molecule has 28 heavy (non-hydrogen) atoms. The lowest BCUT2D eigenvalue weighted by atomic mass is 9.93. The molecule has 8 heteroatoms. The maximum Gasteiger partial charge on any atom is 0.240 e. The van der Waals surface area contributed by atoms with Gasteiger partial charge in [0.1, 0.15) is 0 Å². The minimum Gasteiger partial charge on any atom is -0.326 e. The average Bonchev–Trinajstić information content (AvgIpc) is 2.68. The number of carbonyl (C=O) groups excluding carboxylic acids is 2. The van der Waals surface area contributed by atoms with Gasteiger partial charge in [0.25, 0.3) is 0 Å². The monoisotopic (exact) mass is 399 g/mol. The van der Waals surface area contributed by atoms with Crippen molar-refractivity contribution >= 4 is 33.6 Å². The van der Waals surface area contributed by atoms with Crippen molar-refractivity contribution in [1.82, 2.24) is 9.62 Å². The Morgan fingerprint density at radius 1 is 1.07 bits per heavy atom. The van der Waals surface area contributed by atoms with Crippen molar-refractivity contribution in [3.05, 3.63) is 65.9 Å². The van der Waals surface area contributed by atoms with Gasteiger partial charge in [0, 0.05) is 18.8 Å². The predicted molar refractivity (Wildman–Crippen MR) is 107 cm³/mol. The van der Waals surface area contributed by atoms with Gasteiger partial charge in [-0.25, -0.2) is 13.1 Å². The Bertz CT molecular complexity index is 1030. The third-order valence-corrected chi connectivity index (χ3v) is 6.00. The lowest BCUT2D eigenvalue weighted by Gasteiger charge is -2.32. The zero-order valence-electron chi connectivity index (χ0n) is 15.5. The number of rotatable bonds is 5. The maximum atomic E-state index is 12.6. The largest absolute Gasteiger partial charge is 0.326 e. The van der Waals surface area contributed by atoms with Crippen molar-refractivity contribution in [3.63, 3.8) is 0 Å². The topological polar surface area (TPSA) is 95.6 Å². The van der Waals surface area contributed by atoms with E-state index in [1.807, 2.05) is 30.3 Å². The van der Waals surface area contributed by atoms with E-state index >= 15 is 0 Å². The first-order valence-corrected chi connectivity index (χ1v) is 10.2. The van der Waals surface area contributed by atoms with Crippen molar-refractivity contribution in [2.24, 2.45) is 0 Å². The molecule has 0 fully saturated rings. The molecule has 2 aromatic carbocycles. The molecular weight excluding hydrogens is 378 g/mol. The van der Waals surface area contributed by atoms with Crippen LogP contribution in [0.1, 0.15) is 30.5 Å². The summed E-state index contributed by atoms with van der Waals surface area (Å²) in [5, 5.41) is 2.76.